The summed E-state index contributed by atoms with van der Waals surface area (Å²) >= 11 is 5.99. The van der Waals surface area contributed by atoms with Gasteiger partial charge in [0.15, 0.2) is 0 Å². The van der Waals surface area contributed by atoms with Crippen molar-refractivity contribution in [1.29, 1.82) is 0 Å². The summed E-state index contributed by atoms with van der Waals surface area (Å²) in [6, 6.07) is 10.9. The fourth-order valence-corrected chi connectivity index (χ4v) is 2.29. The van der Waals surface area contributed by atoms with Crippen molar-refractivity contribution in [1.82, 2.24) is 0 Å². The summed E-state index contributed by atoms with van der Waals surface area (Å²) in [5.41, 5.74) is 4.11. The van der Waals surface area contributed by atoms with Gasteiger partial charge in [-0.3, -0.25) is 0 Å². The molecular weight excluding hydrogens is 272 g/mol. The maximum absolute atomic E-state index is 10.0. The predicted molar refractivity (Wildman–Crippen MR) is 84.3 cm³/mol. The average Bonchev–Trinajstić information content (AvgIpc) is 2.39. The number of hydrogen-bond acceptors (Lipinski definition) is 2. The van der Waals surface area contributed by atoms with Crippen molar-refractivity contribution in [2.45, 2.75) is 13.8 Å². The molecule has 0 spiro atoms. The maximum Gasteiger partial charge on any atom is 0.123 e. The average molecular weight is 289 g/mol. The Morgan fingerprint density at radius 1 is 1.00 bits per heavy atom. The molecule has 0 heterocycles. The van der Waals surface area contributed by atoms with Gasteiger partial charge in [0.2, 0.25) is 0 Å². The molecule has 3 heteroatoms. The predicted octanol–water partition coefficient (Wildman–Crippen LogP) is 4.49. The first-order chi connectivity index (χ1) is 9.51. The molecule has 0 atom stereocenters. The number of benzene rings is 2. The number of alkyl halides is 1. The van der Waals surface area contributed by atoms with Crippen LogP contribution in [0.5, 0.6) is 11.5 Å². The Hall–Kier alpha value is -1.93. The number of phenols is 2. The third-order valence-corrected chi connectivity index (χ3v) is 3.45. The first-order valence-corrected chi connectivity index (χ1v) is 6.91. The van der Waals surface area contributed by atoms with Crippen molar-refractivity contribution in [2.75, 3.05) is 5.88 Å². The van der Waals surface area contributed by atoms with E-state index < -0.39 is 0 Å². The van der Waals surface area contributed by atoms with Crippen LogP contribution in [-0.4, -0.2) is 16.1 Å². The van der Waals surface area contributed by atoms with E-state index in [-0.39, 0.29) is 17.4 Å². The second-order valence-corrected chi connectivity index (χ2v) is 5.15. The van der Waals surface area contributed by atoms with Gasteiger partial charge in [-0.15, -0.1) is 11.6 Å². The molecule has 104 valence electrons. The minimum atomic E-state index is 0.198. The summed E-state index contributed by atoms with van der Waals surface area (Å²) in [4.78, 5) is 0. The number of aromatic hydroxyl groups is 2. The van der Waals surface area contributed by atoms with Gasteiger partial charge in [0.05, 0.1) is 0 Å². The number of aryl methyl sites for hydroxylation is 2. The lowest BCUT2D eigenvalue weighted by Gasteiger charge is -2.09. The van der Waals surface area contributed by atoms with Crippen LogP contribution in [0, 0.1) is 13.8 Å². The summed E-state index contributed by atoms with van der Waals surface area (Å²) in [5, 5.41) is 20.0. The number of hydrogen-bond donors (Lipinski definition) is 2. The molecule has 0 aliphatic heterocycles. The van der Waals surface area contributed by atoms with Crippen LogP contribution in [0.4, 0.5) is 0 Å². The summed E-state index contributed by atoms with van der Waals surface area (Å²) in [5.74, 6) is 0.659. The standard InChI is InChI=1S/C17H17ClO2/c1-11-3-5-13(16(19)7-11)9-14(10-18)15-6-4-12(2)8-17(15)20/h3-9,19-20H,10H2,1-2H3/b14-9+. The Labute approximate surface area is 124 Å². The molecule has 0 aliphatic carbocycles. The summed E-state index contributed by atoms with van der Waals surface area (Å²) in [7, 11) is 0. The van der Waals surface area contributed by atoms with Crippen molar-refractivity contribution >= 4 is 23.3 Å². The molecule has 0 radical (unpaired) electrons. The van der Waals surface area contributed by atoms with E-state index in [1.807, 2.05) is 38.1 Å². The van der Waals surface area contributed by atoms with Gasteiger partial charge < -0.3 is 10.2 Å². The lowest BCUT2D eigenvalue weighted by molar-refractivity contribution is 0.472. The van der Waals surface area contributed by atoms with E-state index in [1.165, 1.54) is 0 Å². The van der Waals surface area contributed by atoms with Gasteiger partial charge in [0.25, 0.3) is 0 Å². The molecular formula is C17H17ClO2. The van der Waals surface area contributed by atoms with E-state index in [4.69, 9.17) is 11.6 Å². The van der Waals surface area contributed by atoms with E-state index in [0.29, 0.717) is 11.1 Å². The SMILES string of the molecule is Cc1ccc(/C=C(\CCl)c2ccc(C)cc2O)c(O)c1. The molecule has 2 aromatic carbocycles. The minimum absolute atomic E-state index is 0.198. The van der Waals surface area contributed by atoms with Gasteiger partial charge in [-0.05, 0) is 48.8 Å². The summed E-state index contributed by atoms with van der Waals surface area (Å²) in [6.07, 6.45) is 1.80. The highest BCUT2D eigenvalue weighted by molar-refractivity contribution is 6.24. The van der Waals surface area contributed by atoms with E-state index in [2.05, 4.69) is 0 Å². The first-order valence-electron chi connectivity index (χ1n) is 6.37. The Morgan fingerprint density at radius 2 is 1.60 bits per heavy atom. The van der Waals surface area contributed by atoms with Crippen LogP contribution in [0.1, 0.15) is 22.3 Å². The number of phenolic OH excluding ortho intramolecular Hbond substituents is 2. The molecule has 0 fully saturated rings. The molecule has 0 aromatic heterocycles. The van der Waals surface area contributed by atoms with Crippen LogP contribution in [0.2, 0.25) is 0 Å². The Bertz CT molecular complexity index is 660. The largest absolute Gasteiger partial charge is 0.507 e. The Balaban J connectivity index is 2.48. The zero-order valence-corrected chi connectivity index (χ0v) is 12.3. The highest BCUT2D eigenvalue weighted by Gasteiger charge is 2.08. The van der Waals surface area contributed by atoms with E-state index in [1.54, 1.807) is 18.2 Å². The van der Waals surface area contributed by atoms with Crippen LogP contribution in [-0.2, 0) is 0 Å². The second-order valence-electron chi connectivity index (χ2n) is 4.89. The Kier molecular flexibility index (Phi) is 4.35. The molecule has 2 rings (SSSR count). The van der Waals surface area contributed by atoms with Crippen LogP contribution in [0.3, 0.4) is 0 Å². The molecule has 0 bridgehead atoms. The van der Waals surface area contributed by atoms with Crippen molar-refractivity contribution in [3.8, 4) is 11.5 Å². The fourth-order valence-electron chi connectivity index (χ4n) is 2.06. The lowest BCUT2D eigenvalue weighted by atomic mass is 10.0. The molecule has 2 N–H and O–H groups in total. The topological polar surface area (TPSA) is 40.5 Å². The zero-order valence-electron chi connectivity index (χ0n) is 11.5. The van der Waals surface area contributed by atoms with E-state index >= 15 is 0 Å². The van der Waals surface area contributed by atoms with Crippen LogP contribution < -0.4 is 0 Å². The third kappa shape index (κ3) is 3.14. The van der Waals surface area contributed by atoms with Gasteiger partial charge >= 0.3 is 0 Å². The highest BCUT2D eigenvalue weighted by Crippen LogP contribution is 2.30. The summed E-state index contributed by atoms with van der Waals surface area (Å²) in [6.45, 7) is 3.83. The summed E-state index contributed by atoms with van der Waals surface area (Å²) < 4.78 is 0. The maximum atomic E-state index is 10.0. The van der Waals surface area contributed by atoms with Crippen molar-refractivity contribution in [3.63, 3.8) is 0 Å². The molecule has 0 saturated heterocycles. The van der Waals surface area contributed by atoms with Crippen molar-refractivity contribution in [3.05, 3.63) is 58.7 Å². The van der Waals surface area contributed by atoms with Crippen LogP contribution in [0.15, 0.2) is 36.4 Å². The highest BCUT2D eigenvalue weighted by atomic mass is 35.5. The smallest absolute Gasteiger partial charge is 0.123 e. The molecule has 2 aromatic rings. The molecule has 0 saturated carbocycles. The van der Waals surface area contributed by atoms with E-state index in [0.717, 1.165) is 16.7 Å². The van der Waals surface area contributed by atoms with Gasteiger partial charge in [0.1, 0.15) is 11.5 Å². The monoisotopic (exact) mass is 288 g/mol. The van der Waals surface area contributed by atoms with Gasteiger partial charge in [-0.25, -0.2) is 0 Å². The number of halogens is 1. The molecule has 0 unspecified atom stereocenters. The van der Waals surface area contributed by atoms with Gasteiger partial charge in [0, 0.05) is 17.0 Å². The van der Waals surface area contributed by atoms with Crippen molar-refractivity contribution in [2.24, 2.45) is 0 Å². The molecule has 0 amide bonds. The molecule has 2 nitrogen and oxygen atoms in total. The Morgan fingerprint density at radius 3 is 2.15 bits per heavy atom. The number of rotatable bonds is 3. The fraction of sp³-hybridized carbons (Fsp3) is 0.176. The van der Waals surface area contributed by atoms with Crippen molar-refractivity contribution < 1.29 is 10.2 Å². The quantitative estimate of drug-likeness (QED) is 0.645. The first kappa shape index (κ1) is 14.5. The van der Waals surface area contributed by atoms with Crippen LogP contribution >= 0.6 is 11.6 Å². The minimum Gasteiger partial charge on any atom is -0.507 e. The number of allylic oxidation sites excluding steroid dienone is 1. The molecule has 20 heavy (non-hydrogen) atoms. The lowest BCUT2D eigenvalue weighted by Crippen LogP contribution is -1.89. The normalized spacial score (nSPS) is 11.7. The van der Waals surface area contributed by atoms with Gasteiger partial charge in [-0.1, -0.05) is 24.3 Å². The third-order valence-electron chi connectivity index (χ3n) is 3.16. The second kappa shape index (κ2) is 6.02. The zero-order chi connectivity index (χ0) is 14.7. The van der Waals surface area contributed by atoms with Crippen LogP contribution in [0.25, 0.3) is 11.6 Å². The van der Waals surface area contributed by atoms with Gasteiger partial charge in [-0.2, -0.15) is 0 Å². The molecule has 0 aliphatic rings. The van der Waals surface area contributed by atoms with E-state index in [9.17, 15) is 10.2 Å².